The summed E-state index contributed by atoms with van der Waals surface area (Å²) in [5, 5.41) is 10.4. The van der Waals surface area contributed by atoms with Gasteiger partial charge in [-0.25, -0.2) is 0 Å². The van der Waals surface area contributed by atoms with Gasteiger partial charge in [0.25, 0.3) is 0 Å². The molecule has 0 spiro atoms. The summed E-state index contributed by atoms with van der Waals surface area (Å²) in [5.41, 5.74) is 7.01. The Balaban J connectivity index is 1.68. The van der Waals surface area contributed by atoms with Crippen LogP contribution in [0.2, 0.25) is 0 Å². The Hall–Kier alpha value is -2.72. The molecule has 0 atom stereocenters. The highest BCUT2D eigenvalue weighted by Crippen LogP contribution is 2.16. The summed E-state index contributed by atoms with van der Waals surface area (Å²) < 4.78 is 0. The summed E-state index contributed by atoms with van der Waals surface area (Å²) in [4.78, 5) is 0. The third-order valence-corrected chi connectivity index (χ3v) is 4.00. The Morgan fingerprint density at radius 3 is 2.38 bits per heavy atom. The molecule has 3 rings (SSSR count). The summed E-state index contributed by atoms with van der Waals surface area (Å²) in [6.45, 7) is 4.02. The number of anilines is 1. The number of nitrogens with one attached hydrogen (secondary N) is 2. The molecule has 0 aliphatic carbocycles. The van der Waals surface area contributed by atoms with Gasteiger partial charge in [0.1, 0.15) is 0 Å². The zero-order valence-electron chi connectivity index (χ0n) is 13.7. The van der Waals surface area contributed by atoms with Crippen LogP contribution >= 0.6 is 12.2 Å². The van der Waals surface area contributed by atoms with E-state index in [0.29, 0.717) is 5.11 Å². The molecule has 0 bridgehead atoms. The van der Waals surface area contributed by atoms with Gasteiger partial charge in [0.15, 0.2) is 5.11 Å². The van der Waals surface area contributed by atoms with Crippen molar-refractivity contribution < 1.29 is 0 Å². The van der Waals surface area contributed by atoms with Gasteiger partial charge < -0.3 is 5.32 Å². The molecule has 3 nitrogen and oxygen atoms in total. The van der Waals surface area contributed by atoms with Gasteiger partial charge >= 0.3 is 0 Å². The Morgan fingerprint density at radius 2 is 1.62 bits per heavy atom. The quantitative estimate of drug-likeness (QED) is 0.408. The lowest BCUT2D eigenvalue weighted by atomic mass is 10.0. The number of nitrogens with zero attached hydrogens (tertiary/aromatic N) is 1. The molecule has 120 valence electrons. The number of hydrogen-bond acceptors (Lipinski definition) is 2. The van der Waals surface area contributed by atoms with Crippen LogP contribution in [0, 0.1) is 6.92 Å². The van der Waals surface area contributed by atoms with E-state index >= 15 is 0 Å². The normalized spacial score (nSPS) is 11.3. The van der Waals surface area contributed by atoms with Gasteiger partial charge in [-0.3, -0.25) is 5.43 Å². The molecule has 0 amide bonds. The Labute approximate surface area is 147 Å². The van der Waals surface area contributed by atoms with Crippen LogP contribution in [0.4, 0.5) is 5.69 Å². The predicted octanol–water partition coefficient (Wildman–Crippen LogP) is 4.86. The van der Waals surface area contributed by atoms with Gasteiger partial charge in [0.2, 0.25) is 0 Å². The van der Waals surface area contributed by atoms with Crippen molar-refractivity contribution in [3.05, 3.63) is 77.9 Å². The van der Waals surface area contributed by atoms with Gasteiger partial charge in [0.05, 0.1) is 5.71 Å². The molecule has 3 aromatic carbocycles. The van der Waals surface area contributed by atoms with Crippen molar-refractivity contribution in [2.45, 2.75) is 13.8 Å². The molecule has 24 heavy (non-hydrogen) atoms. The van der Waals surface area contributed by atoms with Crippen LogP contribution in [-0.2, 0) is 0 Å². The molecule has 0 fully saturated rings. The number of aryl methyl sites for hydroxylation is 1. The Bertz CT molecular complexity index is 898. The summed E-state index contributed by atoms with van der Waals surface area (Å²) in [7, 11) is 0. The summed E-state index contributed by atoms with van der Waals surface area (Å²) in [5.74, 6) is 0. The van der Waals surface area contributed by atoms with E-state index in [1.165, 1.54) is 16.3 Å². The maximum absolute atomic E-state index is 5.28. The minimum atomic E-state index is 0.471. The fraction of sp³-hybridized carbons (Fsp3) is 0.100. The summed E-state index contributed by atoms with van der Waals surface area (Å²) in [6.07, 6.45) is 0. The van der Waals surface area contributed by atoms with E-state index in [0.717, 1.165) is 17.0 Å². The Morgan fingerprint density at radius 1 is 0.917 bits per heavy atom. The highest BCUT2D eigenvalue weighted by Gasteiger charge is 2.01. The van der Waals surface area contributed by atoms with Gasteiger partial charge in [-0.05, 0) is 60.6 Å². The molecule has 0 aliphatic heterocycles. The summed E-state index contributed by atoms with van der Waals surface area (Å²) >= 11 is 5.28. The van der Waals surface area contributed by atoms with Crippen molar-refractivity contribution in [1.82, 2.24) is 5.43 Å². The number of hydrogen-bond donors (Lipinski definition) is 2. The maximum atomic E-state index is 5.28. The fourth-order valence-corrected chi connectivity index (χ4v) is 2.57. The Kier molecular flexibility index (Phi) is 4.87. The van der Waals surface area contributed by atoms with Crippen molar-refractivity contribution in [3.8, 4) is 0 Å². The number of thiocarbonyl (C=S) groups is 1. The first kappa shape index (κ1) is 16.1. The molecular formula is C20H19N3S. The van der Waals surface area contributed by atoms with E-state index in [1.54, 1.807) is 0 Å². The van der Waals surface area contributed by atoms with E-state index < -0.39 is 0 Å². The first-order valence-electron chi connectivity index (χ1n) is 7.79. The molecule has 3 aromatic rings. The van der Waals surface area contributed by atoms with Crippen LogP contribution in [0.3, 0.4) is 0 Å². The number of fused-ring (bicyclic) bond motifs is 1. The second-order valence-corrected chi connectivity index (χ2v) is 6.10. The molecule has 0 aromatic heterocycles. The largest absolute Gasteiger partial charge is 0.331 e. The van der Waals surface area contributed by atoms with Gasteiger partial charge in [-0.1, -0.05) is 54.1 Å². The van der Waals surface area contributed by atoms with Crippen LogP contribution < -0.4 is 10.7 Å². The second kappa shape index (κ2) is 7.23. The van der Waals surface area contributed by atoms with Crippen molar-refractivity contribution >= 4 is 39.5 Å². The average molecular weight is 333 g/mol. The van der Waals surface area contributed by atoms with Crippen LogP contribution in [0.25, 0.3) is 10.8 Å². The van der Waals surface area contributed by atoms with E-state index in [-0.39, 0.29) is 0 Å². The molecule has 4 heteroatoms. The highest BCUT2D eigenvalue weighted by atomic mass is 32.1. The van der Waals surface area contributed by atoms with E-state index in [9.17, 15) is 0 Å². The van der Waals surface area contributed by atoms with Gasteiger partial charge in [0, 0.05) is 5.69 Å². The SMILES string of the molecule is C/C(=N/NC(=S)Nc1ccc(C)cc1)c1ccc2ccccc2c1. The van der Waals surface area contributed by atoms with Crippen molar-refractivity contribution in [3.63, 3.8) is 0 Å². The number of rotatable bonds is 3. The summed E-state index contributed by atoms with van der Waals surface area (Å²) in [6, 6.07) is 22.6. The minimum absolute atomic E-state index is 0.471. The zero-order valence-corrected chi connectivity index (χ0v) is 14.5. The molecular weight excluding hydrogens is 314 g/mol. The predicted molar refractivity (Wildman–Crippen MR) is 107 cm³/mol. The first-order chi connectivity index (χ1) is 11.6. The molecule has 0 saturated heterocycles. The lowest BCUT2D eigenvalue weighted by Crippen LogP contribution is -2.24. The van der Waals surface area contributed by atoms with Crippen LogP contribution in [0.5, 0.6) is 0 Å². The van der Waals surface area contributed by atoms with Crippen LogP contribution in [0.1, 0.15) is 18.1 Å². The molecule has 0 saturated carbocycles. The van der Waals surface area contributed by atoms with Crippen molar-refractivity contribution in [2.24, 2.45) is 5.10 Å². The maximum Gasteiger partial charge on any atom is 0.191 e. The zero-order chi connectivity index (χ0) is 16.9. The first-order valence-corrected chi connectivity index (χ1v) is 8.20. The molecule has 0 radical (unpaired) electrons. The average Bonchev–Trinajstić information content (AvgIpc) is 2.61. The monoisotopic (exact) mass is 333 g/mol. The van der Waals surface area contributed by atoms with Crippen LogP contribution in [0.15, 0.2) is 71.8 Å². The van der Waals surface area contributed by atoms with Gasteiger partial charge in [-0.15, -0.1) is 0 Å². The van der Waals surface area contributed by atoms with E-state index in [4.69, 9.17) is 12.2 Å². The van der Waals surface area contributed by atoms with Gasteiger partial charge in [-0.2, -0.15) is 5.10 Å². The third-order valence-electron chi connectivity index (χ3n) is 3.80. The van der Waals surface area contributed by atoms with E-state index in [1.807, 2.05) is 43.3 Å². The molecule has 0 aliphatic rings. The van der Waals surface area contributed by atoms with E-state index in [2.05, 4.69) is 53.1 Å². The molecule has 2 N–H and O–H groups in total. The molecule has 0 unspecified atom stereocenters. The topological polar surface area (TPSA) is 36.4 Å². The smallest absolute Gasteiger partial charge is 0.191 e. The number of benzene rings is 3. The van der Waals surface area contributed by atoms with Crippen molar-refractivity contribution in [2.75, 3.05) is 5.32 Å². The number of hydrazone groups is 1. The fourth-order valence-electron chi connectivity index (χ4n) is 2.41. The molecule has 0 heterocycles. The minimum Gasteiger partial charge on any atom is -0.331 e. The third kappa shape index (κ3) is 3.97. The lowest BCUT2D eigenvalue weighted by molar-refractivity contribution is 1.04. The highest BCUT2D eigenvalue weighted by molar-refractivity contribution is 7.80. The second-order valence-electron chi connectivity index (χ2n) is 5.69. The van der Waals surface area contributed by atoms with Crippen LogP contribution in [-0.4, -0.2) is 10.8 Å². The standard InChI is InChI=1S/C20H19N3S/c1-14-7-11-19(12-8-14)21-20(24)23-22-15(2)17-10-9-16-5-3-4-6-18(16)13-17/h3-13H,1-2H3,(H2,21,23,24)/b22-15-. The van der Waals surface area contributed by atoms with Crippen molar-refractivity contribution in [1.29, 1.82) is 0 Å². The lowest BCUT2D eigenvalue weighted by Gasteiger charge is -2.09.